The monoisotopic (exact) mass is 679 g/mol. The van der Waals surface area contributed by atoms with Gasteiger partial charge in [-0.1, -0.05) is 146 Å². The van der Waals surface area contributed by atoms with E-state index in [0.717, 1.165) is 62.3 Å². The SMILES string of the molecule is C1=C(c2ccccc2)Cc2c1n(-c1cccc3c1oc1cc(C4NC(c5ccccc5)=Nc5ccccc54)ccc13)c1cc(-c3ccccc3)ccc21. The highest BCUT2D eigenvalue weighted by Crippen LogP contribution is 2.44. The number of rotatable bonds is 5. The second-order valence-corrected chi connectivity index (χ2v) is 14.0. The van der Waals surface area contributed by atoms with Crippen molar-refractivity contribution >= 4 is 56.0 Å². The lowest BCUT2D eigenvalue weighted by Crippen LogP contribution is -2.32. The molecule has 53 heavy (non-hydrogen) atoms. The van der Waals surface area contributed by atoms with Crippen molar-refractivity contribution in [3.8, 4) is 16.8 Å². The largest absolute Gasteiger partial charge is 0.454 e. The summed E-state index contributed by atoms with van der Waals surface area (Å²) in [6.07, 6.45) is 3.27. The maximum Gasteiger partial charge on any atom is 0.159 e. The van der Waals surface area contributed by atoms with Crippen molar-refractivity contribution in [1.82, 2.24) is 9.88 Å². The van der Waals surface area contributed by atoms with Gasteiger partial charge < -0.3 is 14.3 Å². The molecule has 0 spiro atoms. The van der Waals surface area contributed by atoms with E-state index < -0.39 is 0 Å². The maximum atomic E-state index is 6.97. The number of aromatic nitrogens is 1. The Kier molecular flexibility index (Phi) is 6.65. The maximum absolute atomic E-state index is 6.97. The van der Waals surface area contributed by atoms with Crippen molar-refractivity contribution in [2.24, 2.45) is 4.99 Å². The third kappa shape index (κ3) is 4.80. The first-order valence-electron chi connectivity index (χ1n) is 18.2. The van der Waals surface area contributed by atoms with Crippen LogP contribution in [-0.4, -0.2) is 10.4 Å². The lowest BCUT2D eigenvalue weighted by molar-refractivity contribution is 0.662. The molecule has 2 aliphatic rings. The van der Waals surface area contributed by atoms with E-state index in [0.29, 0.717) is 0 Å². The molecule has 1 atom stereocenters. The summed E-state index contributed by atoms with van der Waals surface area (Å²) in [5.74, 6) is 0.868. The van der Waals surface area contributed by atoms with Crippen LogP contribution in [0.5, 0.6) is 0 Å². The second-order valence-electron chi connectivity index (χ2n) is 14.0. The summed E-state index contributed by atoms with van der Waals surface area (Å²) in [5, 5.41) is 7.24. The fraction of sp³-hybridized carbons (Fsp3) is 0.0408. The van der Waals surface area contributed by atoms with Gasteiger partial charge in [-0.2, -0.15) is 0 Å². The van der Waals surface area contributed by atoms with Crippen LogP contribution in [0.3, 0.4) is 0 Å². The molecule has 1 aliphatic carbocycles. The van der Waals surface area contributed by atoms with Gasteiger partial charge in [0, 0.05) is 33.7 Å². The standard InChI is InChI=1S/C49H33N3O/c1-4-13-31(14-5-1)34-23-25-37-41-27-36(32-15-6-2-7-16-32)29-45(41)52(44(37)28-34)43-22-12-20-39-38-26-24-35(30-46(38)53-48(39)43)47-40-19-10-11-21-42(40)50-49(51-47)33-17-8-3-9-18-33/h1-26,28-30,47H,27H2,(H,50,51). The molecule has 1 N–H and O–H groups in total. The summed E-state index contributed by atoms with van der Waals surface area (Å²) in [6, 6.07) is 60.2. The van der Waals surface area contributed by atoms with E-state index in [9.17, 15) is 0 Å². The topological polar surface area (TPSA) is 42.5 Å². The summed E-state index contributed by atoms with van der Waals surface area (Å²) in [6.45, 7) is 0. The first-order chi connectivity index (χ1) is 26.3. The Balaban J connectivity index is 1.09. The summed E-state index contributed by atoms with van der Waals surface area (Å²) >= 11 is 0. The molecule has 250 valence electrons. The van der Waals surface area contributed by atoms with E-state index in [4.69, 9.17) is 9.41 Å². The highest BCUT2D eigenvalue weighted by atomic mass is 16.3. The Morgan fingerprint density at radius 3 is 2.11 bits per heavy atom. The van der Waals surface area contributed by atoms with Crippen LogP contribution in [0.25, 0.3) is 61.3 Å². The van der Waals surface area contributed by atoms with E-state index in [2.05, 4.69) is 180 Å². The van der Waals surface area contributed by atoms with Gasteiger partial charge in [0.25, 0.3) is 0 Å². The molecular formula is C49H33N3O. The number of fused-ring (bicyclic) bond motifs is 7. The quantitative estimate of drug-likeness (QED) is 0.197. The second kappa shape index (κ2) is 11.8. The van der Waals surface area contributed by atoms with Crippen LogP contribution in [0.15, 0.2) is 179 Å². The normalized spacial score (nSPS) is 14.9. The first kappa shape index (κ1) is 29.8. The molecule has 0 fully saturated rings. The molecule has 0 amide bonds. The lowest BCUT2D eigenvalue weighted by Gasteiger charge is -2.27. The minimum atomic E-state index is -0.0781. The number of amidine groups is 1. The van der Waals surface area contributed by atoms with Crippen molar-refractivity contribution in [2.75, 3.05) is 0 Å². The van der Waals surface area contributed by atoms with Crippen molar-refractivity contribution < 1.29 is 4.42 Å². The number of hydrogen-bond donors (Lipinski definition) is 1. The van der Waals surface area contributed by atoms with Crippen LogP contribution in [0.2, 0.25) is 0 Å². The Morgan fingerprint density at radius 2 is 1.30 bits per heavy atom. The fourth-order valence-electron chi connectivity index (χ4n) is 8.39. The molecule has 11 rings (SSSR count). The number of benzene rings is 7. The molecule has 1 aliphatic heterocycles. The first-order valence-corrected chi connectivity index (χ1v) is 18.2. The third-order valence-electron chi connectivity index (χ3n) is 10.9. The Morgan fingerprint density at radius 1 is 0.585 bits per heavy atom. The Bertz CT molecular complexity index is 2930. The van der Waals surface area contributed by atoms with Crippen molar-refractivity contribution in [2.45, 2.75) is 12.5 Å². The molecule has 0 radical (unpaired) electrons. The lowest BCUT2D eigenvalue weighted by atomic mass is 9.94. The number of nitrogens with one attached hydrogen (secondary N) is 1. The molecule has 4 nitrogen and oxygen atoms in total. The van der Waals surface area contributed by atoms with Crippen LogP contribution in [0.4, 0.5) is 5.69 Å². The molecule has 0 saturated carbocycles. The van der Waals surface area contributed by atoms with Gasteiger partial charge >= 0.3 is 0 Å². The van der Waals surface area contributed by atoms with Gasteiger partial charge in [0.1, 0.15) is 11.4 Å². The van der Waals surface area contributed by atoms with Crippen LogP contribution in [0.1, 0.15) is 39.6 Å². The number of nitrogens with zero attached hydrogens (tertiary/aromatic N) is 2. The van der Waals surface area contributed by atoms with Crippen molar-refractivity contribution in [3.05, 3.63) is 203 Å². The Hall–Kier alpha value is -6.91. The number of hydrogen-bond acceptors (Lipinski definition) is 3. The van der Waals surface area contributed by atoms with Crippen molar-refractivity contribution in [1.29, 1.82) is 0 Å². The summed E-state index contributed by atoms with van der Waals surface area (Å²) < 4.78 is 9.40. The predicted molar refractivity (Wildman–Crippen MR) is 218 cm³/mol. The minimum Gasteiger partial charge on any atom is -0.454 e. The van der Waals surface area contributed by atoms with E-state index in [1.165, 1.54) is 44.4 Å². The zero-order valence-corrected chi connectivity index (χ0v) is 28.8. The smallest absolute Gasteiger partial charge is 0.159 e. The van der Waals surface area contributed by atoms with Gasteiger partial charge in [0.05, 0.1) is 28.6 Å². The average Bonchev–Trinajstić information content (AvgIpc) is 3.92. The van der Waals surface area contributed by atoms with Gasteiger partial charge in [-0.05, 0) is 63.7 Å². The molecule has 3 heterocycles. The van der Waals surface area contributed by atoms with Gasteiger partial charge in [-0.3, -0.25) is 0 Å². The molecular weight excluding hydrogens is 647 g/mol. The van der Waals surface area contributed by atoms with Crippen LogP contribution < -0.4 is 5.32 Å². The molecule has 2 aromatic heterocycles. The summed E-state index contributed by atoms with van der Waals surface area (Å²) in [5.41, 5.74) is 15.9. The summed E-state index contributed by atoms with van der Waals surface area (Å²) in [7, 11) is 0. The highest BCUT2D eigenvalue weighted by molar-refractivity contribution is 6.09. The molecule has 7 aromatic carbocycles. The average molecular weight is 680 g/mol. The van der Waals surface area contributed by atoms with Crippen LogP contribution >= 0.6 is 0 Å². The van der Waals surface area contributed by atoms with Crippen LogP contribution in [-0.2, 0) is 6.42 Å². The van der Waals surface area contributed by atoms with Gasteiger partial charge in [0.2, 0.25) is 0 Å². The highest BCUT2D eigenvalue weighted by Gasteiger charge is 2.28. The number of para-hydroxylation sites is 2. The minimum absolute atomic E-state index is 0.0781. The van der Waals surface area contributed by atoms with E-state index >= 15 is 0 Å². The van der Waals surface area contributed by atoms with E-state index in [-0.39, 0.29) is 6.04 Å². The number of furan rings is 1. The van der Waals surface area contributed by atoms with Gasteiger partial charge in [-0.15, -0.1) is 0 Å². The molecule has 0 bridgehead atoms. The third-order valence-corrected chi connectivity index (χ3v) is 10.9. The molecule has 0 saturated heterocycles. The van der Waals surface area contributed by atoms with E-state index in [1.54, 1.807) is 0 Å². The summed E-state index contributed by atoms with van der Waals surface area (Å²) in [4.78, 5) is 5.01. The fourth-order valence-corrected chi connectivity index (χ4v) is 8.39. The molecule has 1 unspecified atom stereocenters. The van der Waals surface area contributed by atoms with Gasteiger partial charge in [0.15, 0.2) is 5.58 Å². The zero-order chi connectivity index (χ0) is 34.9. The van der Waals surface area contributed by atoms with Crippen LogP contribution in [0, 0.1) is 0 Å². The number of allylic oxidation sites excluding steroid dienone is 1. The van der Waals surface area contributed by atoms with Crippen molar-refractivity contribution in [3.63, 3.8) is 0 Å². The van der Waals surface area contributed by atoms with Gasteiger partial charge in [-0.25, -0.2) is 4.99 Å². The molecule has 9 aromatic rings. The van der Waals surface area contributed by atoms with E-state index in [1.807, 2.05) is 6.07 Å². The Labute approximate surface area is 307 Å². The molecule has 4 heteroatoms. The predicted octanol–water partition coefficient (Wildman–Crippen LogP) is 12.1. The number of aliphatic imine (C=N–C) groups is 1. The zero-order valence-electron chi connectivity index (χ0n) is 28.8.